The lowest BCUT2D eigenvalue weighted by atomic mass is 9.75. The molecule has 5 heteroatoms. The summed E-state index contributed by atoms with van der Waals surface area (Å²) in [5, 5.41) is 1.85. The maximum atomic E-state index is 12.0. The minimum absolute atomic E-state index is 0.106. The van der Waals surface area contributed by atoms with Crippen molar-refractivity contribution in [1.82, 2.24) is 4.98 Å². The molecule has 1 aliphatic heterocycles. The molecule has 3 aliphatic rings. The van der Waals surface area contributed by atoms with E-state index in [0.29, 0.717) is 17.1 Å². The zero-order valence-corrected chi connectivity index (χ0v) is 15.6. The fourth-order valence-electron chi connectivity index (χ4n) is 5.20. The number of aromatic nitrogens is 1. The molecule has 126 valence electrons. The zero-order valence-electron chi connectivity index (χ0n) is 14.0. The van der Waals surface area contributed by atoms with Gasteiger partial charge in [-0.05, 0) is 54.7 Å². The van der Waals surface area contributed by atoms with Crippen LogP contribution in [-0.4, -0.2) is 24.3 Å². The maximum Gasteiger partial charge on any atom is 0.305 e. The topological polar surface area (TPSA) is 36.1 Å². The minimum atomic E-state index is 0.106. The minimum Gasteiger partial charge on any atom is -0.378 e. The molecular weight excluding hydrogens is 336 g/mol. The van der Waals surface area contributed by atoms with E-state index >= 15 is 0 Å². The Kier molecular flexibility index (Phi) is 3.39. The summed E-state index contributed by atoms with van der Waals surface area (Å²) < 4.78 is 0. The lowest BCUT2D eigenvalue weighted by Crippen LogP contribution is -2.33. The number of nitrogens with one attached hydrogen (secondary N) is 1. The van der Waals surface area contributed by atoms with Crippen LogP contribution in [0, 0.1) is 17.8 Å². The van der Waals surface area contributed by atoms with Crippen LogP contribution in [0.4, 0.5) is 5.69 Å². The number of rotatable bonds is 2. The summed E-state index contributed by atoms with van der Waals surface area (Å²) in [7, 11) is 4.16. The Morgan fingerprint density at radius 2 is 1.88 bits per heavy atom. The van der Waals surface area contributed by atoms with Crippen LogP contribution in [0.5, 0.6) is 0 Å². The highest BCUT2D eigenvalue weighted by Gasteiger charge is 2.54. The predicted molar refractivity (Wildman–Crippen MR) is 102 cm³/mol. The van der Waals surface area contributed by atoms with E-state index < -0.39 is 0 Å². The second kappa shape index (κ2) is 5.40. The van der Waals surface area contributed by atoms with Crippen molar-refractivity contribution in [3.8, 4) is 0 Å². The molecule has 2 bridgehead atoms. The molecule has 0 radical (unpaired) electrons. The summed E-state index contributed by atoms with van der Waals surface area (Å²) in [5.41, 5.74) is 2.62. The monoisotopic (exact) mass is 358 g/mol. The Labute approximate surface area is 150 Å². The van der Waals surface area contributed by atoms with Gasteiger partial charge in [0.15, 0.2) is 0 Å². The van der Waals surface area contributed by atoms with Crippen LogP contribution in [0.15, 0.2) is 34.1 Å². The molecule has 5 atom stereocenters. The molecule has 4 unspecified atom stereocenters. The van der Waals surface area contributed by atoms with Gasteiger partial charge < -0.3 is 9.88 Å². The molecule has 1 N–H and O–H groups in total. The number of thioether (sulfide) groups is 1. The predicted octanol–water partition coefficient (Wildman–Crippen LogP) is 4.15. The van der Waals surface area contributed by atoms with Gasteiger partial charge in [0.05, 0.1) is 5.03 Å². The highest BCUT2D eigenvalue weighted by Crippen LogP contribution is 2.63. The number of thiazole rings is 1. The molecule has 3 nitrogen and oxygen atoms in total. The van der Waals surface area contributed by atoms with Crippen molar-refractivity contribution < 1.29 is 0 Å². The van der Waals surface area contributed by atoms with Crippen molar-refractivity contribution in [2.45, 2.75) is 35.5 Å². The van der Waals surface area contributed by atoms with Gasteiger partial charge in [0, 0.05) is 35.8 Å². The summed E-state index contributed by atoms with van der Waals surface area (Å²) in [4.78, 5) is 18.7. The van der Waals surface area contributed by atoms with Crippen LogP contribution in [0.25, 0.3) is 0 Å². The summed E-state index contributed by atoms with van der Waals surface area (Å²) in [5.74, 6) is 2.81. The smallest absolute Gasteiger partial charge is 0.305 e. The molecule has 1 aromatic heterocycles. The van der Waals surface area contributed by atoms with Crippen LogP contribution in [0.2, 0.25) is 0 Å². The first kappa shape index (κ1) is 15.1. The van der Waals surface area contributed by atoms with E-state index in [1.807, 2.05) is 11.8 Å². The van der Waals surface area contributed by atoms with Gasteiger partial charge in [0.25, 0.3) is 0 Å². The van der Waals surface area contributed by atoms with Crippen LogP contribution in [-0.2, 0) is 0 Å². The highest BCUT2D eigenvalue weighted by molar-refractivity contribution is 8.00. The van der Waals surface area contributed by atoms with Gasteiger partial charge in [-0.1, -0.05) is 23.5 Å². The van der Waals surface area contributed by atoms with Crippen molar-refractivity contribution in [3.05, 3.63) is 44.4 Å². The fraction of sp³-hybridized carbons (Fsp3) is 0.526. The van der Waals surface area contributed by atoms with E-state index in [1.54, 1.807) is 0 Å². The third-order valence-electron chi connectivity index (χ3n) is 6.23. The average Bonchev–Trinajstić information content (AvgIpc) is 3.26. The molecule has 24 heavy (non-hydrogen) atoms. The number of aromatic amines is 1. The van der Waals surface area contributed by atoms with Gasteiger partial charge in [0.2, 0.25) is 0 Å². The molecule has 2 aromatic rings. The maximum absolute atomic E-state index is 12.0. The number of hydrogen-bond acceptors (Lipinski definition) is 4. The van der Waals surface area contributed by atoms with Crippen LogP contribution in [0.3, 0.4) is 0 Å². The van der Waals surface area contributed by atoms with Crippen molar-refractivity contribution in [2.24, 2.45) is 17.8 Å². The van der Waals surface area contributed by atoms with Gasteiger partial charge in [-0.2, -0.15) is 0 Å². The summed E-state index contributed by atoms with van der Waals surface area (Å²) in [6.45, 7) is 0. The lowest BCUT2D eigenvalue weighted by molar-refractivity contribution is 0.307. The SMILES string of the molecule is CN(C)c1ccc([C@H]2c3sc(=O)[nH]c3SC3C4CCC(C4)C32)cc1. The Morgan fingerprint density at radius 3 is 2.62 bits per heavy atom. The van der Waals surface area contributed by atoms with Crippen molar-refractivity contribution in [1.29, 1.82) is 0 Å². The molecular formula is C19H22N2OS2. The second-order valence-corrected chi connectivity index (χ2v) is 9.87. The second-order valence-electron chi connectivity index (χ2n) is 7.66. The molecule has 2 aliphatic carbocycles. The normalized spacial score (nSPS) is 33.3. The Morgan fingerprint density at radius 1 is 1.12 bits per heavy atom. The lowest BCUT2D eigenvalue weighted by Gasteiger charge is -2.40. The van der Waals surface area contributed by atoms with Crippen molar-refractivity contribution in [2.75, 3.05) is 19.0 Å². The number of anilines is 1. The largest absolute Gasteiger partial charge is 0.378 e. The molecule has 0 spiro atoms. The van der Waals surface area contributed by atoms with E-state index in [0.717, 1.165) is 16.9 Å². The summed E-state index contributed by atoms with van der Waals surface area (Å²) in [6.07, 6.45) is 4.16. The number of H-pyrrole nitrogens is 1. The Hall–Kier alpha value is -1.20. The average molecular weight is 359 g/mol. The number of hydrogen-bond donors (Lipinski definition) is 1. The highest BCUT2D eigenvalue weighted by atomic mass is 32.2. The van der Waals surface area contributed by atoms with Crippen LogP contribution < -0.4 is 9.77 Å². The standard InChI is InChI=1S/C19H22N2OS2/c1-21(2)13-7-5-10(6-8-13)14-15-11-3-4-12(9-11)16(15)23-18-17(14)24-19(22)20-18/h5-8,11-12,14-16H,3-4,9H2,1-2H3,(H,20,22)/t11?,12?,14-,15?,16?/m1/s1. The van der Waals surface area contributed by atoms with Crippen molar-refractivity contribution >= 4 is 28.8 Å². The fourth-order valence-corrected chi connectivity index (χ4v) is 8.10. The van der Waals surface area contributed by atoms with Crippen LogP contribution in [0.1, 0.15) is 35.6 Å². The van der Waals surface area contributed by atoms with Gasteiger partial charge >= 0.3 is 4.87 Å². The van der Waals surface area contributed by atoms with Crippen molar-refractivity contribution in [3.63, 3.8) is 0 Å². The number of nitrogens with zero attached hydrogens (tertiary/aromatic N) is 1. The zero-order chi connectivity index (χ0) is 16.4. The summed E-state index contributed by atoms with van der Waals surface area (Å²) >= 11 is 3.40. The molecule has 1 aromatic carbocycles. The van der Waals surface area contributed by atoms with Gasteiger partial charge in [0.1, 0.15) is 0 Å². The van der Waals surface area contributed by atoms with E-state index in [-0.39, 0.29) is 4.87 Å². The van der Waals surface area contributed by atoms with Gasteiger partial charge in [-0.15, -0.1) is 11.8 Å². The van der Waals surface area contributed by atoms with E-state index in [4.69, 9.17) is 0 Å². The van der Waals surface area contributed by atoms with Crippen LogP contribution >= 0.6 is 23.1 Å². The third-order valence-corrected chi connectivity index (χ3v) is 8.86. The van der Waals surface area contributed by atoms with E-state index in [2.05, 4.69) is 48.2 Å². The molecule has 0 saturated heterocycles. The first-order valence-corrected chi connectivity index (χ1v) is 10.5. The molecule has 2 saturated carbocycles. The summed E-state index contributed by atoms with van der Waals surface area (Å²) in [6, 6.07) is 9.00. The van der Waals surface area contributed by atoms with E-state index in [9.17, 15) is 4.79 Å². The molecule has 0 amide bonds. The molecule has 2 fully saturated rings. The molecule has 2 heterocycles. The third kappa shape index (κ3) is 2.14. The molecule has 5 rings (SSSR count). The number of benzene rings is 1. The van der Waals surface area contributed by atoms with E-state index in [1.165, 1.54) is 46.7 Å². The first-order valence-electron chi connectivity index (χ1n) is 8.79. The quantitative estimate of drug-likeness (QED) is 0.876. The Bertz CT molecular complexity index is 823. The van der Waals surface area contributed by atoms with Gasteiger partial charge in [-0.25, -0.2) is 0 Å². The first-order chi connectivity index (χ1) is 11.6. The number of fused-ring (bicyclic) bond motifs is 6. The van der Waals surface area contributed by atoms with Gasteiger partial charge in [-0.3, -0.25) is 4.79 Å². The Balaban J connectivity index is 1.62.